The van der Waals surface area contributed by atoms with Crippen molar-refractivity contribution in [3.8, 4) is 0 Å². The molecule has 0 aromatic heterocycles. The topological polar surface area (TPSA) is 32.3 Å². The Balaban J connectivity index is 0.000000200. The Morgan fingerprint density at radius 1 is 1.55 bits per heavy atom. The summed E-state index contributed by atoms with van der Waals surface area (Å²) in [5.41, 5.74) is 1.61. The number of halogens is 2. The third-order valence-electron chi connectivity index (χ3n) is 3.18. The molecule has 2 rings (SSSR count). The van der Waals surface area contributed by atoms with E-state index in [9.17, 15) is 9.18 Å². The van der Waals surface area contributed by atoms with Crippen molar-refractivity contribution in [3.05, 3.63) is 34.3 Å². The van der Waals surface area contributed by atoms with E-state index in [0.717, 1.165) is 37.9 Å². The lowest BCUT2D eigenvalue weighted by Crippen LogP contribution is -2.29. The number of aldehydes is 1. The number of hydrogen-bond acceptors (Lipinski definition) is 3. The third-order valence-corrected chi connectivity index (χ3v) is 3.50. The van der Waals surface area contributed by atoms with Crippen LogP contribution in [0.5, 0.6) is 0 Å². The molecule has 0 saturated carbocycles. The van der Waals surface area contributed by atoms with Crippen LogP contribution in [-0.4, -0.2) is 50.6 Å². The Bertz CT molecular complexity index is 428. The number of benzene rings is 1. The van der Waals surface area contributed by atoms with Crippen LogP contribution in [0, 0.1) is 6.92 Å². The standard InChI is InChI=1S/C8H7ClO.C7H15FN2/c1-6-2-3-7(5-10)8(9)4-6;1-9-3-5-10-4-2-7(8)6-10/h2-5H,1H3;7,9H,2-6H2,1H3. The van der Waals surface area contributed by atoms with Crippen molar-refractivity contribution in [1.29, 1.82) is 0 Å². The van der Waals surface area contributed by atoms with Crippen molar-refractivity contribution in [2.24, 2.45) is 0 Å². The van der Waals surface area contributed by atoms with Crippen molar-refractivity contribution in [1.82, 2.24) is 10.2 Å². The number of nitrogens with one attached hydrogen (secondary N) is 1. The minimum absolute atomic E-state index is 0.523. The van der Waals surface area contributed by atoms with E-state index in [0.29, 0.717) is 17.1 Å². The average molecular weight is 301 g/mol. The molecule has 0 spiro atoms. The van der Waals surface area contributed by atoms with E-state index < -0.39 is 6.17 Å². The molecule has 1 fully saturated rings. The summed E-state index contributed by atoms with van der Waals surface area (Å²) < 4.78 is 12.5. The number of likely N-dealkylation sites (tertiary alicyclic amines) is 1. The Kier molecular flexibility index (Phi) is 7.73. The Hall–Kier alpha value is -0.970. The summed E-state index contributed by atoms with van der Waals surface area (Å²) in [5, 5.41) is 3.57. The number of aryl methyl sites for hydroxylation is 1. The fourth-order valence-corrected chi connectivity index (χ4v) is 2.27. The predicted octanol–water partition coefficient (Wildman–Crippen LogP) is 2.71. The first kappa shape index (κ1) is 17.1. The van der Waals surface area contributed by atoms with Gasteiger partial charge in [-0.05, 0) is 38.1 Å². The molecule has 0 aliphatic carbocycles. The van der Waals surface area contributed by atoms with Gasteiger partial charge in [-0.2, -0.15) is 0 Å². The van der Waals surface area contributed by atoms with Crippen LogP contribution in [0.1, 0.15) is 22.3 Å². The zero-order chi connectivity index (χ0) is 15.0. The van der Waals surface area contributed by atoms with Crippen molar-refractivity contribution < 1.29 is 9.18 Å². The van der Waals surface area contributed by atoms with Crippen LogP contribution in [-0.2, 0) is 0 Å². The lowest BCUT2D eigenvalue weighted by molar-refractivity contribution is 0.112. The van der Waals surface area contributed by atoms with E-state index in [4.69, 9.17) is 11.6 Å². The second kappa shape index (κ2) is 9.06. The lowest BCUT2D eigenvalue weighted by atomic mass is 10.2. The zero-order valence-corrected chi connectivity index (χ0v) is 12.8. The van der Waals surface area contributed by atoms with Gasteiger partial charge in [0.15, 0.2) is 6.29 Å². The van der Waals surface area contributed by atoms with E-state index in [1.165, 1.54) is 0 Å². The molecule has 0 amide bonds. The number of alkyl halides is 1. The van der Waals surface area contributed by atoms with Crippen molar-refractivity contribution >= 4 is 17.9 Å². The first-order valence-corrected chi connectivity index (χ1v) is 7.17. The molecule has 3 nitrogen and oxygen atoms in total. The average Bonchev–Trinajstić information content (AvgIpc) is 2.83. The van der Waals surface area contributed by atoms with Crippen LogP contribution in [0.25, 0.3) is 0 Å². The van der Waals surface area contributed by atoms with E-state index >= 15 is 0 Å². The van der Waals surface area contributed by atoms with E-state index in [-0.39, 0.29) is 0 Å². The Morgan fingerprint density at radius 2 is 2.30 bits per heavy atom. The van der Waals surface area contributed by atoms with Crippen LogP contribution in [0.2, 0.25) is 5.02 Å². The van der Waals surface area contributed by atoms with Gasteiger partial charge in [0.05, 0.1) is 5.02 Å². The SMILES string of the molecule is CNCCN1CCC(F)C1.Cc1ccc(C=O)c(Cl)c1. The Labute approximate surface area is 125 Å². The predicted molar refractivity (Wildman–Crippen MR) is 81.5 cm³/mol. The summed E-state index contributed by atoms with van der Waals surface area (Å²) in [6, 6.07) is 5.34. The number of carbonyl (C=O) groups excluding carboxylic acids is 1. The van der Waals surface area contributed by atoms with Gasteiger partial charge in [-0.15, -0.1) is 0 Å². The maximum Gasteiger partial charge on any atom is 0.151 e. The van der Waals surface area contributed by atoms with Crippen LogP contribution in [0.3, 0.4) is 0 Å². The number of rotatable bonds is 4. The minimum Gasteiger partial charge on any atom is -0.318 e. The Morgan fingerprint density at radius 3 is 2.80 bits per heavy atom. The number of hydrogen-bond donors (Lipinski definition) is 1. The zero-order valence-electron chi connectivity index (χ0n) is 12.0. The smallest absolute Gasteiger partial charge is 0.151 e. The van der Waals surface area contributed by atoms with Crippen molar-refractivity contribution in [2.75, 3.05) is 33.2 Å². The molecule has 1 N–H and O–H groups in total. The summed E-state index contributed by atoms with van der Waals surface area (Å²) in [4.78, 5) is 12.4. The number of likely N-dealkylation sites (N-methyl/N-ethyl adjacent to an activating group) is 1. The number of nitrogens with zero attached hydrogens (tertiary/aromatic N) is 1. The summed E-state index contributed by atoms with van der Waals surface area (Å²) in [5.74, 6) is 0. The normalized spacial score (nSPS) is 18.5. The second-order valence-electron chi connectivity index (χ2n) is 4.93. The van der Waals surface area contributed by atoms with Gasteiger partial charge in [-0.1, -0.05) is 17.7 Å². The third kappa shape index (κ3) is 5.99. The van der Waals surface area contributed by atoms with Crippen molar-refractivity contribution in [2.45, 2.75) is 19.5 Å². The highest BCUT2D eigenvalue weighted by molar-refractivity contribution is 6.33. The van der Waals surface area contributed by atoms with Gasteiger partial charge in [-0.3, -0.25) is 9.69 Å². The fraction of sp³-hybridized carbons (Fsp3) is 0.533. The monoisotopic (exact) mass is 300 g/mol. The maximum atomic E-state index is 12.5. The summed E-state index contributed by atoms with van der Waals surface area (Å²) in [6.45, 7) is 5.45. The van der Waals surface area contributed by atoms with Crippen LogP contribution in [0.15, 0.2) is 18.2 Å². The molecule has 1 heterocycles. The van der Waals surface area contributed by atoms with Crippen LogP contribution in [0.4, 0.5) is 4.39 Å². The van der Waals surface area contributed by atoms with Gasteiger partial charge in [-0.25, -0.2) is 4.39 Å². The molecular weight excluding hydrogens is 279 g/mol. The highest BCUT2D eigenvalue weighted by atomic mass is 35.5. The van der Waals surface area contributed by atoms with Gasteiger partial charge in [0, 0.05) is 31.7 Å². The van der Waals surface area contributed by atoms with Gasteiger partial charge in [0.2, 0.25) is 0 Å². The van der Waals surface area contributed by atoms with Gasteiger partial charge < -0.3 is 5.32 Å². The molecular formula is C15H22ClFN2O. The molecule has 0 bridgehead atoms. The molecule has 1 aliphatic rings. The molecule has 1 saturated heterocycles. The summed E-state index contributed by atoms with van der Waals surface area (Å²) in [6.07, 6.45) is 0.905. The summed E-state index contributed by atoms with van der Waals surface area (Å²) in [7, 11) is 1.92. The lowest BCUT2D eigenvalue weighted by Gasteiger charge is -2.12. The van der Waals surface area contributed by atoms with Crippen molar-refractivity contribution in [3.63, 3.8) is 0 Å². The molecule has 0 radical (unpaired) electrons. The van der Waals surface area contributed by atoms with E-state index in [1.807, 2.05) is 20.0 Å². The highest BCUT2D eigenvalue weighted by Crippen LogP contribution is 2.14. The molecule has 1 aromatic rings. The summed E-state index contributed by atoms with van der Waals surface area (Å²) >= 11 is 5.70. The largest absolute Gasteiger partial charge is 0.318 e. The second-order valence-corrected chi connectivity index (χ2v) is 5.34. The highest BCUT2D eigenvalue weighted by Gasteiger charge is 2.20. The molecule has 112 valence electrons. The van der Waals surface area contributed by atoms with E-state index in [1.54, 1.807) is 12.1 Å². The van der Waals surface area contributed by atoms with Gasteiger partial charge in [0.1, 0.15) is 6.17 Å². The van der Waals surface area contributed by atoms with Crippen LogP contribution < -0.4 is 5.32 Å². The molecule has 20 heavy (non-hydrogen) atoms. The molecule has 1 unspecified atom stereocenters. The number of carbonyl (C=O) groups is 1. The molecule has 5 heteroatoms. The quantitative estimate of drug-likeness (QED) is 0.868. The molecule has 1 aliphatic heterocycles. The minimum atomic E-state index is -0.572. The van der Waals surface area contributed by atoms with E-state index in [2.05, 4.69) is 10.2 Å². The first-order chi connectivity index (χ1) is 9.56. The van der Waals surface area contributed by atoms with Crippen LogP contribution >= 0.6 is 11.6 Å². The first-order valence-electron chi connectivity index (χ1n) is 6.79. The van der Waals surface area contributed by atoms with Gasteiger partial charge in [0.25, 0.3) is 0 Å². The maximum absolute atomic E-state index is 12.5. The fourth-order valence-electron chi connectivity index (χ4n) is 1.99. The molecule has 1 atom stereocenters. The molecule has 1 aromatic carbocycles. The van der Waals surface area contributed by atoms with Gasteiger partial charge >= 0.3 is 0 Å².